The van der Waals surface area contributed by atoms with Crippen molar-refractivity contribution in [2.24, 2.45) is 5.73 Å². The second-order valence-corrected chi connectivity index (χ2v) is 3.18. The Hall–Kier alpha value is -1.39. The summed E-state index contributed by atoms with van der Waals surface area (Å²) in [6, 6.07) is 4.25. The molecule has 0 unspecified atom stereocenters. The molecule has 0 aliphatic rings. The summed E-state index contributed by atoms with van der Waals surface area (Å²) in [5.41, 5.74) is 7.14. The molecule has 14 heavy (non-hydrogen) atoms. The molecule has 0 fully saturated rings. The molecule has 0 aliphatic heterocycles. The number of nitrogens with two attached hydrogens (primary N) is 1. The average Bonchev–Trinajstić information content (AvgIpc) is 2.16. The lowest BCUT2D eigenvalue weighted by Gasteiger charge is -2.12. The Morgan fingerprint density at radius 1 is 1.57 bits per heavy atom. The van der Waals surface area contributed by atoms with E-state index in [4.69, 9.17) is 15.9 Å². The van der Waals surface area contributed by atoms with Crippen molar-refractivity contribution in [3.05, 3.63) is 34.9 Å². The highest BCUT2D eigenvalue weighted by atomic mass is 16.4. The first-order valence-electron chi connectivity index (χ1n) is 4.26. The van der Waals surface area contributed by atoms with E-state index in [1.807, 2.05) is 6.92 Å². The molecule has 0 aromatic heterocycles. The van der Waals surface area contributed by atoms with Crippen LogP contribution in [0, 0.1) is 6.92 Å². The van der Waals surface area contributed by atoms with Crippen LogP contribution in [0.5, 0.6) is 0 Å². The molecule has 0 radical (unpaired) electrons. The molecule has 1 aromatic carbocycles. The predicted octanol–water partition coefficient (Wildman–Crippen LogP) is 0.685. The van der Waals surface area contributed by atoms with E-state index in [1.54, 1.807) is 12.1 Å². The zero-order valence-corrected chi connectivity index (χ0v) is 7.90. The number of rotatable bonds is 3. The molecule has 76 valence electrons. The first-order chi connectivity index (χ1) is 6.56. The molecule has 0 aliphatic carbocycles. The van der Waals surface area contributed by atoms with Gasteiger partial charge in [-0.25, -0.2) is 4.79 Å². The number of aliphatic hydroxyl groups is 1. The monoisotopic (exact) mass is 195 g/mol. The molecular formula is C10H13NO3. The van der Waals surface area contributed by atoms with Gasteiger partial charge in [-0.1, -0.05) is 17.7 Å². The Kier molecular flexibility index (Phi) is 3.22. The standard InChI is InChI=1S/C10H13NO3/c1-6-2-3-7(10(13)14)8(4-6)9(11)5-12/h2-4,9,12H,5,11H2,1H3,(H,13,14)/t9-/m1/s1. The molecule has 4 N–H and O–H groups in total. The van der Waals surface area contributed by atoms with Crippen molar-refractivity contribution in [2.75, 3.05) is 6.61 Å². The SMILES string of the molecule is Cc1ccc(C(=O)O)c([C@H](N)CO)c1. The second-order valence-electron chi connectivity index (χ2n) is 3.18. The van der Waals surface area contributed by atoms with E-state index in [0.29, 0.717) is 5.56 Å². The maximum Gasteiger partial charge on any atom is 0.336 e. The van der Waals surface area contributed by atoms with Crippen molar-refractivity contribution < 1.29 is 15.0 Å². The van der Waals surface area contributed by atoms with Crippen molar-refractivity contribution in [2.45, 2.75) is 13.0 Å². The molecule has 4 heteroatoms. The molecule has 0 bridgehead atoms. The average molecular weight is 195 g/mol. The maximum absolute atomic E-state index is 10.8. The number of carbonyl (C=O) groups is 1. The van der Waals surface area contributed by atoms with Gasteiger partial charge in [-0.2, -0.15) is 0 Å². The number of benzene rings is 1. The topological polar surface area (TPSA) is 83.5 Å². The summed E-state index contributed by atoms with van der Waals surface area (Å²) in [6.07, 6.45) is 0. The smallest absolute Gasteiger partial charge is 0.336 e. The molecule has 0 saturated heterocycles. The summed E-state index contributed by atoms with van der Waals surface area (Å²) in [4.78, 5) is 10.8. The van der Waals surface area contributed by atoms with E-state index in [1.165, 1.54) is 6.07 Å². The van der Waals surface area contributed by atoms with Gasteiger partial charge in [0, 0.05) is 0 Å². The van der Waals surface area contributed by atoms with Crippen LogP contribution in [0.25, 0.3) is 0 Å². The van der Waals surface area contributed by atoms with Gasteiger partial charge < -0.3 is 15.9 Å². The normalized spacial score (nSPS) is 12.5. The summed E-state index contributed by atoms with van der Waals surface area (Å²) >= 11 is 0. The lowest BCUT2D eigenvalue weighted by atomic mass is 9.99. The number of hydrogen-bond donors (Lipinski definition) is 3. The van der Waals surface area contributed by atoms with Crippen LogP contribution in [-0.2, 0) is 0 Å². The minimum absolute atomic E-state index is 0.150. The van der Waals surface area contributed by atoms with E-state index < -0.39 is 12.0 Å². The lowest BCUT2D eigenvalue weighted by Crippen LogP contribution is -2.18. The maximum atomic E-state index is 10.8. The van der Waals surface area contributed by atoms with Crippen molar-refractivity contribution in [3.63, 3.8) is 0 Å². The van der Waals surface area contributed by atoms with Gasteiger partial charge in [-0.15, -0.1) is 0 Å². The molecule has 0 amide bonds. The summed E-state index contributed by atoms with van der Waals surface area (Å²) < 4.78 is 0. The second kappa shape index (κ2) is 4.21. The largest absolute Gasteiger partial charge is 0.478 e. The summed E-state index contributed by atoms with van der Waals surface area (Å²) in [6.45, 7) is 1.59. The van der Waals surface area contributed by atoms with Gasteiger partial charge in [-0.3, -0.25) is 0 Å². The Morgan fingerprint density at radius 3 is 2.71 bits per heavy atom. The van der Waals surface area contributed by atoms with E-state index in [-0.39, 0.29) is 12.2 Å². The van der Waals surface area contributed by atoms with E-state index in [9.17, 15) is 4.79 Å². The molecule has 0 saturated carbocycles. The first-order valence-corrected chi connectivity index (χ1v) is 4.26. The van der Waals surface area contributed by atoms with Crippen molar-refractivity contribution in [3.8, 4) is 0 Å². The van der Waals surface area contributed by atoms with Crippen LogP contribution in [0.15, 0.2) is 18.2 Å². The number of aliphatic hydroxyl groups excluding tert-OH is 1. The minimum Gasteiger partial charge on any atom is -0.478 e. The third-order valence-corrected chi connectivity index (χ3v) is 2.03. The van der Waals surface area contributed by atoms with Gasteiger partial charge in [0.15, 0.2) is 0 Å². The molecule has 4 nitrogen and oxygen atoms in total. The van der Waals surface area contributed by atoms with Gasteiger partial charge in [0.05, 0.1) is 18.2 Å². The van der Waals surface area contributed by atoms with Gasteiger partial charge in [0.2, 0.25) is 0 Å². The van der Waals surface area contributed by atoms with Crippen LogP contribution >= 0.6 is 0 Å². The van der Waals surface area contributed by atoms with Crippen LogP contribution in [0.1, 0.15) is 27.5 Å². The molecule has 1 rings (SSSR count). The zero-order valence-electron chi connectivity index (χ0n) is 7.90. The zero-order chi connectivity index (χ0) is 10.7. The third kappa shape index (κ3) is 2.10. The van der Waals surface area contributed by atoms with Crippen LogP contribution < -0.4 is 5.73 Å². The number of carboxylic acids is 1. The van der Waals surface area contributed by atoms with Crippen LogP contribution in [-0.4, -0.2) is 22.8 Å². The third-order valence-electron chi connectivity index (χ3n) is 2.03. The molecule has 1 aromatic rings. The fourth-order valence-electron chi connectivity index (χ4n) is 1.28. The predicted molar refractivity (Wildman–Crippen MR) is 52.2 cm³/mol. The highest BCUT2D eigenvalue weighted by molar-refractivity contribution is 5.89. The Bertz CT molecular complexity index is 349. The van der Waals surface area contributed by atoms with Gasteiger partial charge in [0.1, 0.15) is 0 Å². The Balaban J connectivity index is 3.22. The van der Waals surface area contributed by atoms with Gasteiger partial charge in [-0.05, 0) is 18.6 Å². The minimum atomic E-state index is -1.02. The molecular weight excluding hydrogens is 182 g/mol. The summed E-state index contributed by atoms with van der Waals surface area (Å²) in [5.74, 6) is -1.02. The van der Waals surface area contributed by atoms with Crippen molar-refractivity contribution >= 4 is 5.97 Å². The number of carboxylic acid groups (broad SMARTS) is 1. The highest BCUT2D eigenvalue weighted by Gasteiger charge is 2.14. The number of aryl methyl sites for hydroxylation is 1. The van der Waals surface area contributed by atoms with E-state index in [0.717, 1.165) is 5.56 Å². The quantitative estimate of drug-likeness (QED) is 0.662. The van der Waals surface area contributed by atoms with Crippen molar-refractivity contribution in [1.29, 1.82) is 0 Å². The van der Waals surface area contributed by atoms with Crippen molar-refractivity contribution in [1.82, 2.24) is 0 Å². The molecule has 0 spiro atoms. The summed E-state index contributed by atoms with van der Waals surface area (Å²) in [5, 5.41) is 17.7. The fraction of sp³-hybridized carbons (Fsp3) is 0.300. The van der Waals surface area contributed by atoms with Gasteiger partial charge in [0.25, 0.3) is 0 Å². The van der Waals surface area contributed by atoms with Gasteiger partial charge >= 0.3 is 5.97 Å². The van der Waals surface area contributed by atoms with E-state index in [2.05, 4.69) is 0 Å². The highest BCUT2D eigenvalue weighted by Crippen LogP contribution is 2.17. The molecule has 1 atom stereocenters. The molecule has 0 heterocycles. The van der Waals surface area contributed by atoms with Crippen LogP contribution in [0.2, 0.25) is 0 Å². The van der Waals surface area contributed by atoms with E-state index >= 15 is 0 Å². The van der Waals surface area contributed by atoms with Crippen LogP contribution in [0.3, 0.4) is 0 Å². The number of aromatic carboxylic acids is 1. The van der Waals surface area contributed by atoms with Crippen LogP contribution in [0.4, 0.5) is 0 Å². The lowest BCUT2D eigenvalue weighted by molar-refractivity contribution is 0.0694. The first kappa shape index (κ1) is 10.7. The Morgan fingerprint density at radius 2 is 2.21 bits per heavy atom. The summed E-state index contributed by atoms with van der Waals surface area (Å²) in [7, 11) is 0. The fourth-order valence-corrected chi connectivity index (χ4v) is 1.28. The number of hydrogen-bond acceptors (Lipinski definition) is 3. The Labute approximate surface area is 82.0 Å².